The van der Waals surface area contributed by atoms with Crippen LogP contribution in [0.3, 0.4) is 0 Å². The number of nitrogens with one attached hydrogen (secondary N) is 1. The molecule has 0 amide bonds. The first-order valence-electron chi connectivity index (χ1n) is 9.11. The summed E-state index contributed by atoms with van der Waals surface area (Å²) in [7, 11) is 0. The maximum Gasteiger partial charge on any atom is 0.0808 e. The Hall–Kier alpha value is -0.0800. The van der Waals surface area contributed by atoms with E-state index in [2.05, 4.69) is 19.2 Å². The Balaban J connectivity index is 1.70. The Bertz CT molecular complexity index is 264. The fourth-order valence-electron chi connectivity index (χ4n) is 3.57. The predicted octanol–water partition coefficient (Wildman–Crippen LogP) is 4.67. The lowest BCUT2D eigenvalue weighted by Gasteiger charge is -2.40. The lowest BCUT2D eigenvalue weighted by atomic mass is 9.78. The molecule has 2 unspecified atom stereocenters. The van der Waals surface area contributed by atoms with E-state index in [0.29, 0.717) is 0 Å². The molecule has 0 aromatic heterocycles. The average molecular weight is 281 g/mol. The molecule has 20 heavy (non-hydrogen) atoms. The van der Waals surface area contributed by atoms with E-state index >= 15 is 0 Å². The van der Waals surface area contributed by atoms with E-state index in [9.17, 15) is 0 Å². The first-order valence-corrected chi connectivity index (χ1v) is 9.11. The monoisotopic (exact) mass is 281 g/mol. The van der Waals surface area contributed by atoms with E-state index in [0.717, 1.165) is 25.1 Å². The van der Waals surface area contributed by atoms with Crippen LogP contribution in [0.15, 0.2) is 0 Å². The quantitative estimate of drug-likeness (QED) is 0.587. The van der Waals surface area contributed by atoms with Crippen LogP contribution in [-0.2, 0) is 4.74 Å². The Kier molecular flexibility index (Phi) is 6.83. The minimum absolute atomic E-state index is 0.158. The molecule has 0 aliphatic heterocycles. The molecule has 118 valence electrons. The van der Waals surface area contributed by atoms with Crippen molar-refractivity contribution in [2.45, 2.75) is 96.1 Å². The molecule has 2 aliphatic carbocycles. The number of unbranched alkanes of at least 4 members (excludes halogenated alkanes) is 4. The molecule has 2 atom stereocenters. The Morgan fingerprint density at radius 2 is 1.90 bits per heavy atom. The van der Waals surface area contributed by atoms with Crippen molar-refractivity contribution >= 4 is 0 Å². The van der Waals surface area contributed by atoms with Gasteiger partial charge in [-0.3, -0.25) is 0 Å². The molecule has 2 fully saturated rings. The van der Waals surface area contributed by atoms with Crippen molar-refractivity contribution in [2.75, 3.05) is 13.2 Å². The fraction of sp³-hybridized carbons (Fsp3) is 1.00. The van der Waals surface area contributed by atoms with E-state index in [1.54, 1.807) is 0 Å². The van der Waals surface area contributed by atoms with Gasteiger partial charge in [-0.05, 0) is 38.0 Å². The first kappa shape index (κ1) is 16.3. The summed E-state index contributed by atoms with van der Waals surface area (Å²) in [4.78, 5) is 0. The molecule has 0 saturated heterocycles. The van der Waals surface area contributed by atoms with Gasteiger partial charge in [0.15, 0.2) is 0 Å². The summed E-state index contributed by atoms with van der Waals surface area (Å²) in [6.07, 6.45) is 14.7. The minimum Gasteiger partial charge on any atom is -0.374 e. The fourth-order valence-corrected chi connectivity index (χ4v) is 3.57. The summed E-state index contributed by atoms with van der Waals surface area (Å²) in [6.45, 7) is 6.74. The van der Waals surface area contributed by atoms with Crippen molar-refractivity contribution in [1.29, 1.82) is 0 Å². The van der Waals surface area contributed by atoms with Crippen LogP contribution >= 0.6 is 0 Å². The van der Waals surface area contributed by atoms with Gasteiger partial charge in [-0.1, -0.05) is 52.4 Å². The second kappa shape index (κ2) is 8.38. The summed E-state index contributed by atoms with van der Waals surface area (Å²) in [5.41, 5.74) is 0.158. The molecule has 2 nitrogen and oxygen atoms in total. The zero-order valence-electron chi connectivity index (χ0n) is 13.8. The summed E-state index contributed by atoms with van der Waals surface area (Å²) >= 11 is 0. The van der Waals surface area contributed by atoms with Crippen LogP contribution in [-0.4, -0.2) is 24.8 Å². The molecule has 0 aromatic carbocycles. The smallest absolute Gasteiger partial charge is 0.0808 e. The minimum atomic E-state index is 0.158. The molecule has 1 N–H and O–H groups in total. The third-order valence-electron chi connectivity index (χ3n) is 5.00. The lowest BCUT2D eigenvalue weighted by Crippen LogP contribution is -2.47. The summed E-state index contributed by atoms with van der Waals surface area (Å²) in [5, 5.41) is 3.72. The molecule has 0 bridgehead atoms. The van der Waals surface area contributed by atoms with Gasteiger partial charge in [-0.15, -0.1) is 0 Å². The first-order chi connectivity index (χ1) is 9.74. The molecule has 2 saturated carbocycles. The number of ether oxygens (including phenoxy) is 1. The van der Waals surface area contributed by atoms with Crippen LogP contribution in [0, 0.1) is 5.92 Å². The Morgan fingerprint density at radius 1 is 1.10 bits per heavy atom. The van der Waals surface area contributed by atoms with Crippen molar-refractivity contribution in [1.82, 2.24) is 5.32 Å². The van der Waals surface area contributed by atoms with Crippen molar-refractivity contribution in [3.05, 3.63) is 0 Å². The standard InChI is InChI=1S/C18H35NO/c1-3-4-5-6-7-13-20-18(15-19-17-10-11-17)12-8-9-16(2)14-18/h16-17,19H,3-15H2,1-2H3. The molecule has 0 heterocycles. The maximum atomic E-state index is 6.44. The summed E-state index contributed by atoms with van der Waals surface area (Å²) in [5.74, 6) is 0.838. The maximum absolute atomic E-state index is 6.44. The zero-order valence-corrected chi connectivity index (χ0v) is 13.8. The molecule has 2 aliphatic rings. The van der Waals surface area contributed by atoms with Gasteiger partial charge in [-0.25, -0.2) is 0 Å². The van der Waals surface area contributed by atoms with E-state index < -0.39 is 0 Å². The van der Waals surface area contributed by atoms with Gasteiger partial charge in [-0.2, -0.15) is 0 Å². The van der Waals surface area contributed by atoms with Gasteiger partial charge in [0, 0.05) is 19.2 Å². The van der Waals surface area contributed by atoms with Crippen LogP contribution in [0.1, 0.15) is 84.5 Å². The molecule has 0 aromatic rings. The zero-order chi connectivity index (χ0) is 14.3. The van der Waals surface area contributed by atoms with Crippen LogP contribution in [0.4, 0.5) is 0 Å². The van der Waals surface area contributed by atoms with Crippen LogP contribution < -0.4 is 5.32 Å². The Morgan fingerprint density at radius 3 is 2.60 bits per heavy atom. The topological polar surface area (TPSA) is 21.3 Å². The van der Waals surface area contributed by atoms with Crippen molar-refractivity contribution in [3.63, 3.8) is 0 Å². The third kappa shape index (κ3) is 5.73. The largest absolute Gasteiger partial charge is 0.374 e. The predicted molar refractivity (Wildman–Crippen MR) is 86.1 cm³/mol. The number of hydrogen-bond acceptors (Lipinski definition) is 2. The third-order valence-corrected chi connectivity index (χ3v) is 5.00. The van der Waals surface area contributed by atoms with Crippen LogP contribution in [0.5, 0.6) is 0 Å². The molecule has 0 spiro atoms. The SMILES string of the molecule is CCCCCCCOC1(CNC2CC2)CCCC(C)C1. The van der Waals surface area contributed by atoms with Gasteiger partial charge in [0.2, 0.25) is 0 Å². The Labute approximate surface area is 126 Å². The summed E-state index contributed by atoms with van der Waals surface area (Å²) in [6, 6.07) is 0.803. The van der Waals surface area contributed by atoms with E-state index in [-0.39, 0.29) is 5.60 Å². The van der Waals surface area contributed by atoms with Gasteiger partial charge in [0.05, 0.1) is 5.60 Å². The van der Waals surface area contributed by atoms with Gasteiger partial charge in [0.1, 0.15) is 0 Å². The van der Waals surface area contributed by atoms with E-state index in [1.807, 2.05) is 0 Å². The second-order valence-corrected chi connectivity index (χ2v) is 7.30. The lowest BCUT2D eigenvalue weighted by molar-refractivity contribution is -0.0806. The van der Waals surface area contributed by atoms with Gasteiger partial charge >= 0.3 is 0 Å². The average Bonchev–Trinajstić information content (AvgIpc) is 3.25. The highest BCUT2D eigenvalue weighted by atomic mass is 16.5. The summed E-state index contributed by atoms with van der Waals surface area (Å²) < 4.78 is 6.44. The normalized spacial score (nSPS) is 30.6. The van der Waals surface area contributed by atoms with Gasteiger partial charge in [0.25, 0.3) is 0 Å². The highest BCUT2D eigenvalue weighted by Gasteiger charge is 2.37. The van der Waals surface area contributed by atoms with E-state index in [4.69, 9.17) is 4.74 Å². The second-order valence-electron chi connectivity index (χ2n) is 7.30. The molecule has 0 radical (unpaired) electrons. The molecular formula is C18H35NO. The van der Waals surface area contributed by atoms with Crippen molar-refractivity contribution in [3.8, 4) is 0 Å². The van der Waals surface area contributed by atoms with Gasteiger partial charge < -0.3 is 10.1 Å². The number of hydrogen-bond donors (Lipinski definition) is 1. The molecular weight excluding hydrogens is 246 g/mol. The molecule has 2 heteroatoms. The van der Waals surface area contributed by atoms with Crippen LogP contribution in [0.25, 0.3) is 0 Å². The highest BCUT2D eigenvalue weighted by Crippen LogP contribution is 2.35. The molecule has 2 rings (SSSR count). The van der Waals surface area contributed by atoms with Crippen molar-refractivity contribution < 1.29 is 4.74 Å². The number of rotatable bonds is 10. The highest BCUT2D eigenvalue weighted by molar-refractivity contribution is 4.92. The van der Waals surface area contributed by atoms with Crippen molar-refractivity contribution in [2.24, 2.45) is 5.92 Å². The van der Waals surface area contributed by atoms with Crippen LogP contribution in [0.2, 0.25) is 0 Å². The van der Waals surface area contributed by atoms with E-state index in [1.165, 1.54) is 70.6 Å².